The topological polar surface area (TPSA) is 122 Å². The van der Waals surface area contributed by atoms with E-state index in [0.29, 0.717) is 50.6 Å². The zero-order valence-corrected chi connectivity index (χ0v) is 17.9. The first-order chi connectivity index (χ1) is 14.8. The molecule has 1 aliphatic rings. The summed E-state index contributed by atoms with van der Waals surface area (Å²) in [5.74, 6) is 0.287. The Morgan fingerprint density at radius 1 is 1.06 bits per heavy atom. The van der Waals surface area contributed by atoms with E-state index in [0.717, 1.165) is 0 Å². The number of nitro benzene ring substituents is 1. The number of ether oxygens (including phenoxy) is 1. The lowest BCUT2D eigenvalue weighted by Gasteiger charge is -2.34. The first-order valence-electron chi connectivity index (χ1n) is 9.70. The van der Waals surface area contributed by atoms with E-state index in [1.807, 2.05) is 0 Å². The molecule has 1 heterocycles. The van der Waals surface area contributed by atoms with Crippen LogP contribution in [0.4, 0.5) is 5.69 Å². The molecule has 0 bridgehead atoms. The molecule has 2 aromatic carbocycles. The normalized spacial score (nSPS) is 15.4. The number of nitrogens with zero attached hydrogens (tertiary/aromatic N) is 3. The average Bonchev–Trinajstić information content (AvgIpc) is 2.79. The minimum atomic E-state index is -3.56. The number of carbonyl (C=O) groups is 1. The molecule has 1 fully saturated rings. The molecule has 1 aliphatic heterocycles. The molecule has 0 saturated carbocycles. The Hall–Kier alpha value is -3.02. The molecule has 11 heteroatoms. The van der Waals surface area contributed by atoms with E-state index in [9.17, 15) is 23.3 Å². The molecule has 0 atom stereocenters. The summed E-state index contributed by atoms with van der Waals surface area (Å²) in [5.41, 5.74) is 0.278. The van der Waals surface area contributed by atoms with Crippen LogP contribution in [0.5, 0.6) is 5.75 Å². The third kappa shape index (κ3) is 5.57. The summed E-state index contributed by atoms with van der Waals surface area (Å²) in [6, 6.07) is 11.7. The van der Waals surface area contributed by atoms with Crippen LogP contribution in [0, 0.1) is 10.1 Å². The highest BCUT2D eigenvalue weighted by atomic mass is 32.2. The van der Waals surface area contributed by atoms with Gasteiger partial charge in [-0.25, -0.2) is 8.42 Å². The van der Waals surface area contributed by atoms with Crippen LogP contribution in [0.1, 0.15) is 10.4 Å². The monoisotopic (exact) mass is 448 g/mol. The van der Waals surface area contributed by atoms with Gasteiger partial charge in [0.15, 0.2) is 0 Å². The lowest BCUT2D eigenvalue weighted by molar-refractivity contribution is -0.384. The van der Waals surface area contributed by atoms with Crippen molar-refractivity contribution >= 4 is 21.6 Å². The van der Waals surface area contributed by atoms with E-state index in [4.69, 9.17) is 4.74 Å². The Balaban J connectivity index is 1.45. The van der Waals surface area contributed by atoms with Crippen LogP contribution < -0.4 is 10.1 Å². The van der Waals surface area contributed by atoms with Crippen molar-refractivity contribution in [3.05, 3.63) is 64.2 Å². The fourth-order valence-corrected chi connectivity index (χ4v) is 4.68. The van der Waals surface area contributed by atoms with Crippen molar-refractivity contribution in [1.29, 1.82) is 0 Å². The Morgan fingerprint density at radius 3 is 2.23 bits per heavy atom. The average molecular weight is 449 g/mol. The minimum absolute atomic E-state index is 0.0704. The highest BCUT2D eigenvalue weighted by Crippen LogP contribution is 2.20. The number of piperazine rings is 1. The molecule has 0 spiro atoms. The van der Waals surface area contributed by atoms with Gasteiger partial charge in [0, 0.05) is 57.0 Å². The van der Waals surface area contributed by atoms with Crippen LogP contribution in [0.15, 0.2) is 53.4 Å². The number of carbonyl (C=O) groups excluding carboxylic acids is 1. The summed E-state index contributed by atoms with van der Waals surface area (Å²) in [6.07, 6.45) is 0. The highest BCUT2D eigenvalue weighted by Gasteiger charge is 2.28. The number of hydrogen-bond acceptors (Lipinski definition) is 7. The van der Waals surface area contributed by atoms with Gasteiger partial charge in [0.05, 0.1) is 16.9 Å². The predicted octanol–water partition coefficient (Wildman–Crippen LogP) is 1.34. The third-order valence-electron chi connectivity index (χ3n) is 5.08. The summed E-state index contributed by atoms with van der Waals surface area (Å²) in [4.78, 5) is 24.6. The predicted molar refractivity (Wildman–Crippen MR) is 114 cm³/mol. The summed E-state index contributed by atoms with van der Waals surface area (Å²) in [7, 11) is -2.03. The number of amides is 1. The second-order valence-corrected chi connectivity index (χ2v) is 8.92. The van der Waals surface area contributed by atoms with E-state index < -0.39 is 14.9 Å². The number of non-ortho nitro benzene ring substituents is 1. The van der Waals surface area contributed by atoms with Crippen molar-refractivity contribution in [1.82, 2.24) is 14.5 Å². The van der Waals surface area contributed by atoms with Crippen molar-refractivity contribution in [3.8, 4) is 5.75 Å². The first-order valence-corrected chi connectivity index (χ1v) is 11.1. The standard InChI is InChI=1S/C20H24N4O6S/c1-30-18-6-8-19(9-7-18)31(28,29)23-14-12-22(13-15-23)11-10-21-20(25)16-2-4-17(5-3-16)24(26)27/h2-9H,10-15H2,1H3,(H,21,25). The second kappa shape index (κ2) is 9.86. The lowest BCUT2D eigenvalue weighted by Crippen LogP contribution is -2.50. The maximum absolute atomic E-state index is 12.8. The molecule has 1 N–H and O–H groups in total. The molecular weight excluding hydrogens is 424 g/mol. The van der Waals surface area contributed by atoms with Crippen molar-refractivity contribution in [2.75, 3.05) is 46.4 Å². The molecule has 0 aliphatic carbocycles. The SMILES string of the molecule is COc1ccc(S(=O)(=O)N2CCN(CCNC(=O)c3ccc([N+](=O)[O-])cc3)CC2)cc1. The number of methoxy groups -OCH3 is 1. The van der Waals surface area contributed by atoms with Gasteiger partial charge in [-0.05, 0) is 36.4 Å². The molecule has 31 heavy (non-hydrogen) atoms. The molecule has 10 nitrogen and oxygen atoms in total. The van der Waals surface area contributed by atoms with E-state index in [1.54, 1.807) is 12.1 Å². The molecule has 2 aromatic rings. The molecular formula is C20H24N4O6S. The highest BCUT2D eigenvalue weighted by molar-refractivity contribution is 7.89. The summed E-state index contributed by atoms with van der Waals surface area (Å²) in [6.45, 7) is 2.82. The zero-order chi connectivity index (χ0) is 22.4. The van der Waals surface area contributed by atoms with E-state index >= 15 is 0 Å². The van der Waals surface area contributed by atoms with Crippen LogP contribution in [-0.2, 0) is 10.0 Å². The van der Waals surface area contributed by atoms with Crippen molar-refractivity contribution in [2.45, 2.75) is 4.90 Å². The van der Waals surface area contributed by atoms with Gasteiger partial charge in [-0.2, -0.15) is 4.31 Å². The van der Waals surface area contributed by atoms with Crippen molar-refractivity contribution in [2.24, 2.45) is 0 Å². The lowest BCUT2D eigenvalue weighted by atomic mass is 10.2. The zero-order valence-electron chi connectivity index (χ0n) is 17.1. The van der Waals surface area contributed by atoms with Gasteiger partial charge < -0.3 is 10.1 Å². The molecule has 0 aromatic heterocycles. The largest absolute Gasteiger partial charge is 0.497 e. The fraction of sp³-hybridized carbons (Fsp3) is 0.350. The molecule has 3 rings (SSSR count). The maximum Gasteiger partial charge on any atom is 0.269 e. The van der Waals surface area contributed by atoms with Crippen LogP contribution in [-0.4, -0.2) is 74.8 Å². The first kappa shape index (κ1) is 22.7. The molecule has 0 radical (unpaired) electrons. The third-order valence-corrected chi connectivity index (χ3v) is 7.00. The molecule has 0 unspecified atom stereocenters. The summed E-state index contributed by atoms with van der Waals surface area (Å²) in [5, 5.41) is 13.5. The molecule has 166 valence electrons. The summed E-state index contributed by atoms with van der Waals surface area (Å²) >= 11 is 0. The number of benzene rings is 2. The Labute approximate surface area is 180 Å². The Morgan fingerprint density at radius 2 is 1.68 bits per heavy atom. The number of hydrogen-bond donors (Lipinski definition) is 1. The smallest absolute Gasteiger partial charge is 0.269 e. The van der Waals surface area contributed by atoms with Crippen LogP contribution in [0.2, 0.25) is 0 Å². The van der Waals surface area contributed by atoms with Gasteiger partial charge in [-0.3, -0.25) is 19.8 Å². The Kier molecular flexibility index (Phi) is 7.21. The van der Waals surface area contributed by atoms with Gasteiger partial charge in [0.1, 0.15) is 5.75 Å². The quantitative estimate of drug-likeness (QED) is 0.478. The number of sulfonamides is 1. The van der Waals surface area contributed by atoms with Crippen LogP contribution in [0.25, 0.3) is 0 Å². The van der Waals surface area contributed by atoms with Gasteiger partial charge in [-0.15, -0.1) is 0 Å². The number of nitro groups is 1. The van der Waals surface area contributed by atoms with Gasteiger partial charge in [0.25, 0.3) is 11.6 Å². The maximum atomic E-state index is 12.8. The Bertz CT molecular complexity index is 1020. The van der Waals surface area contributed by atoms with Gasteiger partial charge >= 0.3 is 0 Å². The van der Waals surface area contributed by atoms with E-state index in [-0.39, 0.29) is 16.5 Å². The van der Waals surface area contributed by atoms with Crippen LogP contribution >= 0.6 is 0 Å². The van der Waals surface area contributed by atoms with Crippen molar-refractivity contribution in [3.63, 3.8) is 0 Å². The number of nitrogens with one attached hydrogen (secondary N) is 1. The van der Waals surface area contributed by atoms with Gasteiger partial charge in [0.2, 0.25) is 10.0 Å². The fourth-order valence-electron chi connectivity index (χ4n) is 3.25. The second-order valence-electron chi connectivity index (χ2n) is 6.98. The van der Waals surface area contributed by atoms with E-state index in [1.165, 1.54) is 47.8 Å². The van der Waals surface area contributed by atoms with E-state index in [2.05, 4.69) is 10.2 Å². The van der Waals surface area contributed by atoms with Crippen molar-refractivity contribution < 1.29 is 22.9 Å². The minimum Gasteiger partial charge on any atom is -0.497 e. The number of rotatable bonds is 8. The summed E-state index contributed by atoms with van der Waals surface area (Å²) < 4.78 is 32.1. The van der Waals surface area contributed by atoms with Crippen LogP contribution in [0.3, 0.4) is 0 Å². The molecule has 1 saturated heterocycles. The van der Waals surface area contributed by atoms with Gasteiger partial charge in [-0.1, -0.05) is 0 Å². The molecule has 1 amide bonds.